The van der Waals surface area contributed by atoms with Crippen LogP contribution in [0.25, 0.3) is 10.9 Å². The number of nitriles is 1. The lowest BCUT2D eigenvalue weighted by atomic mass is 10.1. The highest BCUT2D eigenvalue weighted by Crippen LogP contribution is 2.42. The molecule has 4 rings (SSSR count). The summed E-state index contributed by atoms with van der Waals surface area (Å²) >= 11 is 0. The molecule has 1 aromatic heterocycles. The van der Waals surface area contributed by atoms with E-state index in [1.54, 1.807) is 17.7 Å². The molecular weight excluding hydrogens is 370 g/mol. The van der Waals surface area contributed by atoms with E-state index in [4.69, 9.17) is 10.00 Å². The Morgan fingerprint density at radius 1 is 1.28 bits per heavy atom. The fourth-order valence-electron chi connectivity index (χ4n) is 4.30. The van der Waals surface area contributed by atoms with Crippen LogP contribution in [0.4, 0.5) is 5.69 Å². The summed E-state index contributed by atoms with van der Waals surface area (Å²) in [5, 5.41) is 12.4. The first-order valence-electron chi connectivity index (χ1n) is 10.3. The SMILES string of the molecule is COc1c(N2CCC(CCNCCC#N)C2)ccc2c(=O)[nH]c(=O)n(C3CC3)c12. The highest BCUT2D eigenvalue weighted by atomic mass is 16.5. The number of aromatic nitrogens is 2. The van der Waals surface area contributed by atoms with Crippen molar-refractivity contribution in [3.63, 3.8) is 0 Å². The minimum Gasteiger partial charge on any atom is -0.492 e. The van der Waals surface area contributed by atoms with Crippen LogP contribution in [0, 0.1) is 17.2 Å². The van der Waals surface area contributed by atoms with E-state index in [1.807, 2.05) is 6.07 Å². The van der Waals surface area contributed by atoms with Gasteiger partial charge in [0.15, 0.2) is 5.75 Å². The topological polar surface area (TPSA) is 103 Å². The molecule has 1 saturated heterocycles. The molecule has 2 aliphatic rings. The standard InChI is InChI=1S/C21H27N5O3/c1-29-19-17(25-12-8-14(13-25)7-11-23-10-2-9-22)6-5-16-18(19)26(15-3-4-15)21(28)24-20(16)27/h5-6,14-15,23H,2-4,7-8,10-13H2,1H3,(H,24,27,28). The maximum Gasteiger partial charge on any atom is 0.329 e. The van der Waals surface area contributed by atoms with Crippen LogP contribution in [-0.2, 0) is 0 Å². The van der Waals surface area contributed by atoms with Crippen LogP contribution >= 0.6 is 0 Å². The van der Waals surface area contributed by atoms with E-state index in [2.05, 4.69) is 21.3 Å². The predicted molar refractivity (Wildman–Crippen MR) is 112 cm³/mol. The molecule has 154 valence electrons. The molecule has 2 aromatic rings. The Morgan fingerprint density at radius 2 is 2.10 bits per heavy atom. The maximum atomic E-state index is 12.5. The number of fused-ring (bicyclic) bond motifs is 1. The first-order chi connectivity index (χ1) is 14.1. The van der Waals surface area contributed by atoms with Crippen molar-refractivity contribution >= 4 is 16.6 Å². The van der Waals surface area contributed by atoms with Gasteiger partial charge in [-0.2, -0.15) is 5.26 Å². The second-order valence-corrected chi connectivity index (χ2v) is 7.92. The van der Waals surface area contributed by atoms with Crippen molar-refractivity contribution in [2.75, 3.05) is 38.2 Å². The van der Waals surface area contributed by atoms with Crippen molar-refractivity contribution in [3.05, 3.63) is 33.0 Å². The maximum absolute atomic E-state index is 12.5. The Labute approximate surface area is 169 Å². The summed E-state index contributed by atoms with van der Waals surface area (Å²) in [6.45, 7) is 3.48. The number of nitrogens with one attached hydrogen (secondary N) is 2. The van der Waals surface area contributed by atoms with Gasteiger partial charge in [-0.1, -0.05) is 0 Å². The number of anilines is 1. The summed E-state index contributed by atoms with van der Waals surface area (Å²) in [5.74, 6) is 1.18. The fourth-order valence-corrected chi connectivity index (χ4v) is 4.30. The molecule has 1 aliphatic carbocycles. The number of hydrogen-bond acceptors (Lipinski definition) is 6. The number of benzene rings is 1. The van der Waals surface area contributed by atoms with Crippen molar-refractivity contribution in [1.82, 2.24) is 14.9 Å². The van der Waals surface area contributed by atoms with Crippen molar-refractivity contribution in [2.24, 2.45) is 5.92 Å². The molecule has 0 bridgehead atoms. The predicted octanol–water partition coefficient (Wildman–Crippen LogP) is 1.75. The van der Waals surface area contributed by atoms with Crippen molar-refractivity contribution < 1.29 is 4.74 Å². The minimum absolute atomic E-state index is 0.136. The molecule has 8 heteroatoms. The summed E-state index contributed by atoms with van der Waals surface area (Å²) in [6.07, 6.45) is 4.57. The number of H-pyrrole nitrogens is 1. The van der Waals surface area contributed by atoms with Gasteiger partial charge in [-0.25, -0.2) is 4.79 Å². The van der Waals surface area contributed by atoms with Crippen LogP contribution in [0.15, 0.2) is 21.7 Å². The van der Waals surface area contributed by atoms with Gasteiger partial charge in [0, 0.05) is 32.1 Å². The number of nitrogens with zero attached hydrogens (tertiary/aromatic N) is 3. The number of methoxy groups -OCH3 is 1. The Kier molecular flexibility index (Phi) is 5.58. The zero-order valence-electron chi connectivity index (χ0n) is 16.7. The molecule has 1 aliphatic heterocycles. The first-order valence-corrected chi connectivity index (χ1v) is 10.3. The lowest BCUT2D eigenvalue weighted by Gasteiger charge is -2.23. The number of aromatic amines is 1. The third kappa shape index (κ3) is 3.87. The molecule has 0 amide bonds. The summed E-state index contributed by atoms with van der Waals surface area (Å²) in [7, 11) is 1.61. The highest BCUT2D eigenvalue weighted by Gasteiger charge is 2.31. The molecule has 2 heterocycles. The van der Waals surface area contributed by atoms with Crippen LogP contribution in [0.1, 0.15) is 38.1 Å². The summed E-state index contributed by atoms with van der Waals surface area (Å²) in [6, 6.07) is 6.02. The van der Waals surface area contributed by atoms with Gasteiger partial charge in [-0.15, -0.1) is 0 Å². The van der Waals surface area contributed by atoms with Gasteiger partial charge >= 0.3 is 5.69 Å². The summed E-state index contributed by atoms with van der Waals surface area (Å²) in [4.78, 5) is 29.6. The van der Waals surface area contributed by atoms with Crippen LogP contribution in [0.5, 0.6) is 5.75 Å². The Hall–Kier alpha value is -2.79. The summed E-state index contributed by atoms with van der Waals surface area (Å²) in [5.41, 5.74) is 0.833. The Bertz CT molecular complexity index is 1050. The van der Waals surface area contributed by atoms with E-state index in [9.17, 15) is 9.59 Å². The summed E-state index contributed by atoms with van der Waals surface area (Å²) < 4.78 is 7.46. The van der Waals surface area contributed by atoms with Gasteiger partial charge in [-0.05, 0) is 50.3 Å². The van der Waals surface area contributed by atoms with Crippen LogP contribution < -0.4 is 26.2 Å². The van der Waals surface area contributed by atoms with Crippen molar-refractivity contribution in [1.29, 1.82) is 5.26 Å². The van der Waals surface area contributed by atoms with Crippen molar-refractivity contribution in [3.8, 4) is 11.8 Å². The van der Waals surface area contributed by atoms with E-state index >= 15 is 0 Å². The second kappa shape index (κ2) is 8.29. The molecule has 8 nitrogen and oxygen atoms in total. The average Bonchev–Trinajstić information content (AvgIpc) is 3.44. The molecule has 2 N–H and O–H groups in total. The van der Waals surface area contributed by atoms with E-state index in [0.717, 1.165) is 57.5 Å². The zero-order chi connectivity index (χ0) is 20.4. The third-order valence-corrected chi connectivity index (χ3v) is 5.92. The zero-order valence-corrected chi connectivity index (χ0v) is 16.7. The molecule has 1 aromatic carbocycles. The molecule has 2 fully saturated rings. The van der Waals surface area contributed by atoms with E-state index in [0.29, 0.717) is 29.0 Å². The molecule has 29 heavy (non-hydrogen) atoms. The second-order valence-electron chi connectivity index (χ2n) is 7.92. The fraction of sp³-hybridized carbons (Fsp3) is 0.571. The van der Waals surface area contributed by atoms with Gasteiger partial charge in [0.25, 0.3) is 5.56 Å². The Balaban J connectivity index is 1.60. The third-order valence-electron chi connectivity index (χ3n) is 5.92. The van der Waals surface area contributed by atoms with E-state index in [-0.39, 0.29) is 17.3 Å². The van der Waals surface area contributed by atoms with Gasteiger partial charge in [0.05, 0.1) is 24.3 Å². The van der Waals surface area contributed by atoms with Crippen LogP contribution in [-0.4, -0.2) is 42.8 Å². The smallest absolute Gasteiger partial charge is 0.329 e. The van der Waals surface area contributed by atoms with E-state index < -0.39 is 0 Å². The minimum atomic E-state index is -0.366. The molecule has 0 radical (unpaired) electrons. The molecule has 0 spiro atoms. The van der Waals surface area contributed by atoms with Crippen LogP contribution in [0.3, 0.4) is 0 Å². The van der Waals surface area contributed by atoms with Gasteiger partial charge in [0.2, 0.25) is 0 Å². The van der Waals surface area contributed by atoms with E-state index in [1.165, 1.54) is 0 Å². The van der Waals surface area contributed by atoms with Gasteiger partial charge < -0.3 is 15.0 Å². The largest absolute Gasteiger partial charge is 0.492 e. The normalized spacial score (nSPS) is 18.9. The quantitative estimate of drug-likeness (QED) is 0.658. The molecular formula is C21H27N5O3. The lowest BCUT2D eigenvalue weighted by molar-refractivity contribution is 0.416. The average molecular weight is 397 g/mol. The molecule has 1 saturated carbocycles. The van der Waals surface area contributed by atoms with Gasteiger partial charge in [0.1, 0.15) is 5.52 Å². The van der Waals surface area contributed by atoms with Crippen LogP contribution in [0.2, 0.25) is 0 Å². The first kappa shape index (κ1) is 19.5. The highest BCUT2D eigenvalue weighted by molar-refractivity contribution is 5.90. The number of ether oxygens (including phenoxy) is 1. The van der Waals surface area contributed by atoms with Gasteiger partial charge in [-0.3, -0.25) is 14.3 Å². The molecule has 1 atom stereocenters. The Morgan fingerprint density at radius 3 is 2.83 bits per heavy atom. The number of rotatable bonds is 8. The molecule has 1 unspecified atom stereocenters. The lowest BCUT2D eigenvalue weighted by Crippen LogP contribution is -2.30. The monoisotopic (exact) mass is 397 g/mol. The number of hydrogen-bond donors (Lipinski definition) is 2. The van der Waals surface area contributed by atoms with Crippen molar-refractivity contribution in [2.45, 2.75) is 38.1 Å².